The molecule has 3 aromatic rings. The van der Waals surface area contributed by atoms with E-state index < -0.39 is 0 Å². The Bertz CT molecular complexity index is 1320. The summed E-state index contributed by atoms with van der Waals surface area (Å²) in [5.74, 6) is 2.23. The lowest BCUT2D eigenvalue weighted by molar-refractivity contribution is -0.121. The fourth-order valence-electron chi connectivity index (χ4n) is 4.10. The Kier molecular flexibility index (Phi) is 8.87. The van der Waals surface area contributed by atoms with Crippen molar-refractivity contribution in [3.63, 3.8) is 0 Å². The first-order valence-corrected chi connectivity index (χ1v) is 12.4. The van der Waals surface area contributed by atoms with Crippen LogP contribution in [0.15, 0.2) is 66.7 Å². The summed E-state index contributed by atoms with van der Waals surface area (Å²) < 4.78 is 22.0. The topological polar surface area (TPSA) is 86.3 Å². The second-order valence-electron chi connectivity index (χ2n) is 8.83. The van der Waals surface area contributed by atoms with Crippen molar-refractivity contribution in [3.05, 3.63) is 77.9 Å². The van der Waals surface area contributed by atoms with Gasteiger partial charge in [-0.05, 0) is 79.4 Å². The van der Waals surface area contributed by atoms with Crippen LogP contribution in [-0.4, -0.2) is 45.8 Å². The number of rotatable bonds is 11. The van der Waals surface area contributed by atoms with Crippen molar-refractivity contribution in [3.8, 4) is 23.0 Å². The van der Waals surface area contributed by atoms with Crippen LogP contribution in [-0.2, 0) is 9.59 Å². The van der Waals surface area contributed by atoms with Gasteiger partial charge in [0.2, 0.25) is 5.91 Å². The van der Waals surface area contributed by atoms with E-state index in [0.717, 1.165) is 29.7 Å². The van der Waals surface area contributed by atoms with Crippen LogP contribution in [0.4, 0.5) is 11.4 Å². The predicted molar refractivity (Wildman–Crippen MR) is 147 cm³/mol. The van der Waals surface area contributed by atoms with Crippen molar-refractivity contribution in [2.24, 2.45) is 0 Å². The molecule has 2 amide bonds. The molecule has 0 bridgehead atoms. The molecular formula is C30H32N2O6. The molecule has 0 aliphatic carbocycles. The fourth-order valence-corrected chi connectivity index (χ4v) is 4.10. The van der Waals surface area contributed by atoms with E-state index in [4.69, 9.17) is 18.9 Å². The number of benzene rings is 3. The van der Waals surface area contributed by atoms with Gasteiger partial charge in [-0.15, -0.1) is 0 Å². The van der Waals surface area contributed by atoms with Gasteiger partial charge in [0.25, 0.3) is 5.91 Å². The third-order valence-corrected chi connectivity index (χ3v) is 6.04. The molecule has 1 N–H and O–H groups in total. The van der Waals surface area contributed by atoms with Crippen LogP contribution in [0, 0.1) is 6.92 Å². The monoisotopic (exact) mass is 516 g/mol. The molecule has 4 rings (SSSR count). The van der Waals surface area contributed by atoms with Crippen molar-refractivity contribution in [2.45, 2.75) is 19.8 Å². The molecule has 0 saturated heterocycles. The lowest BCUT2D eigenvalue weighted by Gasteiger charge is -2.30. The Labute approximate surface area is 222 Å². The zero-order valence-electron chi connectivity index (χ0n) is 21.9. The zero-order chi connectivity index (χ0) is 26.9. The highest BCUT2D eigenvalue weighted by molar-refractivity contribution is 6.03. The van der Waals surface area contributed by atoms with Crippen molar-refractivity contribution in [2.75, 3.05) is 44.2 Å². The first-order chi connectivity index (χ1) is 18.5. The summed E-state index contributed by atoms with van der Waals surface area (Å²) in [6.45, 7) is 3.12. The van der Waals surface area contributed by atoms with Gasteiger partial charge < -0.3 is 29.2 Å². The average molecular weight is 517 g/mol. The molecule has 38 heavy (non-hydrogen) atoms. The minimum Gasteiger partial charge on any atom is -0.494 e. The Morgan fingerprint density at radius 1 is 1.03 bits per heavy atom. The van der Waals surface area contributed by atoms with Crippen LogP contribution >= 0.6 is 0 Å². The minimum absolute atomic E-state index is 0.00738. The first-order valence-electron chi connectivity index (χ1n) is 12.4. The van der Waals surface area contributed by atoms with Gasteiger partial charge in [0.1, 0.15) is 11.5 Å². The number of unbranched alkanes of at least 4 members (excludes halogenated alkanes) is 1. The smallest absolute Gasteiger partial charge is 0.265 e. The summed E-state index contributed by atoms with van der Waals surface area (Å²) in [6, 6.07) is 18.6. The highest BCUT2D eigenvalue weighted by Crippen LogP contribution is 2.35. The summed E-state index contributed by atoms with van der Waals surface area (Å²) in [5, 5.41) is 2.85. The molecule has 8 nitrogen and oxygen atoms in total. The number of fused-ring (bicyclic) bond motifs is 1. The number of hydrogen-bond donors (Lipinski definition) is 1. The van der Waals surface area contributed by atoms with Crippen molar-refractivity contribution in [1.29, 1.82) is 0 Å². The number of nitrogens with one attached hydrogen (secondary N) is 1. The molecule has 0 saturated carbocycles. The van der Waals surface area contributed by atoms with E-state index in [-0.39, 0.29) is 18.4 Å². The standard InChI is InChI=1S/C30H32N2O6/c1-21-7-6-8-24(17-21)37-16-5-4-15-32-25-19-23(11-13-26(25)38-20-30(32)34)31-29(33)14-10-22-9-12-27(35-2)28(18-22)36-3/h6-14,17-19H,4-5,15-16,20H2,1-3H3,(H,31,33)/b14-10+. The molecule has 0 radical (unpaired) electrons. The number of carbonyl (C=O) groups is 2. The molecule has 3 aromatic carbocycles. The molecule has 198 valence electrons. The fraction of sp³-hybridized carbons (Fsp3) is 0.267. The Morgan fingerprint density at radius 3 is 2.66 bits per heavy atom. The molecule has 0 fully saturated rings. The zero-order valence-corrected chi connectivity index (χ0v) is 21.9. The van der Waals surface area contributed by atoms with Gasteiger partial charge in [0.15, 0.2) is 18.1 Å². The average Bonchev–Trinajstić information content (AvgIpc) is 2.92. The highest BCUT2D eigenvalue weighted by atomic mass is 16.5. The molecule has 1 heterocycles. The largest absolute Gasteiger partial charge is 0.494 e. The van der Waals surface area contributed by atoms with E-state index in [9.17, 15) is 9.59 Å². The van der Waals surface area contributed by atoms with Crippen LogP contribution in [0.3, 0.4) is 0 Å². The number of hydrogen-bond acceptors (Lipinski definition) is 6. The molecule has 8 heteroatoms. The number of carbonyl (C=O) groups excluding carboxylic acids is 2. The maximum absolute atomic E-state index is 12.6. The van der Waals surface area contributed by atoms with E-state index in [1.165, 1.54) is 6.08 Å². The van der Waals surface area contributed by atoms with Gasteiger partial charge in [0.05, 0.1) is 26.5 Å². The summed E-state index contributed by atoms with van der Waals surface area (Å²) in [5.41, 5.74) is 3.15. The van der Waals surface area contributed by atoms with Crippen molar-refractivity contribution in [1.82, 2.24) is 0 Å². The molecule has 1 aliphatic rings. The summed E-state index contributed by atoms with van der Waals surface area (Å²) >= 11 is 0. The molecular weight excluding hydrogens is 484 g/mol. The lowest BCUT2D eigenvalue weighted by Crippen LogP contribution is -2.39. The number of aryl methyl sites for hydroxylation is 1. The number of methoxy groups -OCH3 is 2. The van der Waals surface area contributed by atoms with Crippen molar-refractivity contribution < 1.29 is 28.5 Å². The quantitative estimate of drug-likeness (QED) is 0.277. The molecule has 0 atom stereocenters. The van der Waals surface area contributed by atoms with Gasteiger partial charge in [-0.2, -0.15) is 0 Å². The molecule has 1 aliphatic heterocycles. The number of ether oxygens (including phenoxy) is 4. The van der Waals surface area contributed by atoms with Crippen LogP contribution in [0.2, 0.25) is 0 Å². The second-order valence-corrected chi connectivity index (χ2v) is 8.83. The van der Waals surface area contributed by atoms with Gasteiger partial charge >= 0.3 is 0 Å². The Hall–Kier alpha value is -4.46. The highest BCUT2D eigenvalue weighted by Gasteiger charge is 2.25. The maximum atomic E-state index is 12.6. The van der Waals surface area contributed by atoms with Gasteiger partial charge in [-0.25, -0.2) is 0 Å². The third-order valence-electron chi connectivity index (χ3n) is 6.04. The van der Waals surface area contributed by atoms with Gasteiger partial charge in [-0.3, -0.25) is 9.59 Å². The van der Waals surface area contributed by atoms with E-state index in [0.29, 0.717) is 41.8 Å². The number of amides is 2. The summed E-state index contributed by atoms with van der Waals surface area (Å²) in [6.07, 6.45) is 4.69. The van der Waals surface area contributed by atoms with Crippen molar-refractivity contribution >= 4 is 29.3 Å². The Morgan fingerprint density at radius 2 is 1.87 bits per heavy atom. The van der Waals surface area contributed by atoms with Crippen LogP contribution in [0.1, 0.15) is 24.0 Å². The van der Waals surface area contributed by atoms with Crippen LogP contribution in [0.25, 0.3) is 6.08 Å². The normalized spacial score (nSPS) is 12.6. The minimum atomic E-state index is -0.303. The molecule has 0 unspecified atom stereocenters. The third kappa shape index (κ3) is 6.85. The second kappa shape index (κ2) is 12.7. The van der Waals surface area contributed by atoms with E-state index in [2.05, 4.69) is 5.32 Å². The summed E-state index contributed by atoms with van der Waals surface area (Å²) in [4.78, 5) is 26.9. The number of anilines is 2. The van der Waals surface area contributed by atoms with E-state index >= 15 is 0 Å². The van der Waals surface area contributed by atoms with Gasteiger partial charge in [-0.1, -0.05) is 18.2 Å². The van der Waals surface area contributed by atoms with Crippen LogP contribution in [0.5, 0.6) is 23.0 Å². The van der Waals surface area contributed by atoms with Crippen LogP contribution < -0.4 is 29.2 Å². The van der Waals surface area contributed by atoms with Gasteiger partial charge in [0, 0.05) is 18.3 Å². The molecule has 0 aromatic heterocycles. The molecule has 0 spiro atoms. The van der Waals surface area contributed by atoms with E-state index in [1.54, 1.807) is 55.5 Å². The summed E-state index contributed by atoms with van der Waals surface area (Å²) in [7, 11) is 3.13. The SMILES string of the molecule is COc1ccc(/C=C/C(=O)Nc2ccc3c(c2)N(CCCCOc2cccc(C)c2)C(=O)CO3)cc1OC. The predicted octanol–water partition coefficient (Wildman–Crippen LogP) is 5.25. The maximum Gasteiger partial charge on any atom is 0.265 e. The van der Waals surface area contributed by atoms with E-state index in [1.807, 2.05) is 37.3 Å². The number of nitrogens with zero attached hydrogens (tertiary/aromatic N) is 1. The first kappa shape index (κ1) is 26.6. The lowest BCUT2D eigenvalue weighted by atomic mass is 10.1. The Balaban J connectivity index is 1.35.